The van der Waals surface area contributed by atoms with Gasteiger partial charge < -0.3 is 24.1 Å². The van der Waals surface area contributed by atoms with Crippen LogP contribution in [0.5, 0.6) is 17.2 Å². The maximum Gasteiger partial charge on any atom is 0.339 e. The molecule has 5 rings (SSSR count). The molecular formula is C28H23N5O8S. The molecule has 0 amide bonds. The van der Waals surface area contributed by atoms with E-state index in [0.29, 0.717) is 39.0 Å². The van der Waals surface area contributed by atoms with Crippen molar-refractivity contribution < 1.29 is 29.0 Å². The molecule has 214 valence electrons. The molecular weight excluding hydrogens is 566 g/mol. The van der Waals surface area contributed by atoms with Crippen LogP contribution in [-0.4, -0.2) is 54.7 Å². The van der Waals surface area contributed by atoms with Gasteiger partial charge in [-0.05, 0) is 36.4 Å². The van der Waals surface area contributed by atoms with E-state index < -0.39 is 28.1 Å². The van der Waals surface area contributed by atoms with Crippen molar-refractivity contribution in [2.24, 2.45) is 5.10 Å². The highest BCUT2D eigenvalue weighted by atomic mass is 32.2. The maximum atomic E-state index is 11.9. The molecule has 1 unspecified atom stereocenters. The van der Waals surface area contributed by atoms with Gasteiger partial charge >= 0.3 is 11.3 Å². The molecule has 2 N–H and O–H groups in total. The summed E-state index contributed by atoms with van der Waals surface area (Å²) >= 11 is 1.15. The largest absolute Gasteiger partial charge is 0.502 e. The van der Waals surface area contributed by atoms with Crippen molar-refractivity contribution in [1.29, 1.82) is 0 Å². The van der Waals surface area contributed by atoms with E-state index in [0.717, 1.165) is 11.8 Å². The van der Waals surface area contributed by atoms with Gasteiger partial charge in [-0.15, -0.1) is 10.2 Å². The number of aromatic nitrogens is 3. The van der Waals surface area contributed by atoms with Crippen LogP contribution in [0.25, 0.3) is 11.0 Å². The lowest BCUT2D eigenvalue weighted by atomic mass is 10.2. The van der Waals surface area contributed by atoms with Crippen LogP contribution in [0.3, 0.4) is 0 Å². The van der Waals surface area contributed by atoms with Crippen LogP contribution >= 0.6 is 11.8 Å². The third kappa shape index (κ3) is 6.92. The highest BCUT2D eigenvalue weighted by Crippen LogP contribution is 2.27. The van der Waals surface area contributed by atoms with Crippen molar-refractivity contribution in [3.05, 3.63) is 111 Å². The first-order chi connectivity index (χ1) is 20.4. The molecule has 13 nitrogen and oxygen atoms in total. The third-order valence-electron chi connectivity index (χ3n) is 5.75. The van der Waals surface area contributed by atoms with Crippen LogP contribution in [-0.2, 0) is 6.61 Å². The number of nitro benzene ring substituents is 1. The van der Waals surface area contributed by atoms with E-state index in [4.69, 9.17) is 13.9 Å². The van der Waals surface area contributed by atoms with E-state index in [2.05, 4.69) is 15.3 Å². The molecule has 1 atom stereocenters. The molecule has 0 aliphatic rings. The van der Waals surface area contributed by atoms with Gasteiger partial charge in [0.05, 0.1) is 28.7 Å². The zero-order valence-electron chi connectivity index (χ0n) is 21.8. The molecule has 0 spiro atoms. The van der Waals surface area contributed by atoms with Crippen molar-refractivity contribution in [1.82, 2.24) is 14.9 Å². The summed E-state index contributed by atoms with van der Waals surface area (Å²) in [5.41, 5.74) is -0.300. The smallest absolute Gasteiger partial charge is 0.339 e. The predicted molar refractivity (Wildman–Crippen MR) is 153 cm³/mol. The van der Waals surface area contributed by atoms with Crippen LogP contribution in [0.15, 0.2) is 98.3 Å². The third-order valence-corrected chi connectivity index (χ3v) is 6.82. The van der Waals surface area contributed by atoms with Gasteiger partial charge in [-0.2, -0.15) is 9.78 Å². The lowest BCUT2D eigenvalue weighted by Gasteiger charge is -2.13. The molecule has 42 heavy (non-hydrogen) atoms. The van der Waals surface area contributed by atoms with Crippen LogP contribution in [0.4, 0.5) is 5.69 Å². The van der Waals surface area contributed by atoms with E-state index in [1.165, 1.54) is 35.2 Å². The Morgan fingerprint density at radius 1 is 1.07 bits per heavy atom. The van der Waals surface area contributed by atoms with E-state index in [-0.39, 0.29) is 19.0 Å². The van der Waals surface area contributed by atoms with E-state index in [1.807, 2.05) is 18.2 Å². The van der Waals surface area contributed by atoms with Crippen LogP contribution in [0.2, 0.25) is 0 Å². The summed E-state index contributed by atoms with van der Waals surface area (Å²) in [6.45, 7) is -0.0982. The van der Waals surface area contributed by atoms with Crippen molar-refractivity contribution >= 4 is 34.6 Å². The topological polar surface area (TPSA) is 175 Å². The molecule has 0 radical (unpaired) electrons. The molecule has 14 heteroatoms. The highest BCUT2D eigenvalue weighted by molar-refractivity contribution is 7.99. The Morgan fingerprint density at radius 2 is 1.86 bits per heavy atom. The van der Waals surface area contributed by atoms with E-state index in [1.54, 1.807) is 36.4 Å². The fraction of sp³-hybridized carbons (Fsp3) is 0.143. The second-order valence-electron chi connectivity index (χ2n) is 8.76. The Kier molecular flexibility index (Phi) is 8.75. The first kappa shape index (κ1) is 28.3. The van der Waals surface area contributed by atoms with E-state index in [9.17, 15) is 25.1 Å². The minimum atomic E-state index is -0.959. The number of phenols is 1. The second kappa shape index (κ2) is 13.0. The molecule has 0 fully saturated rings. The number of thioether (sulfide) groups is 1. The number of ether oxygens (including phenoxy) is 2. The number of aromatic hydroxyl groups is 1. The minimum absolute atomic E-state index is 0.0139. The lowest BCUT2D eigenvalue weighted by Crippen LogP contribution is -2.21. The predicted octanol–water partition coefficient (Wildman–Crippen LogP) is 3.99. The quantitative estimate of drug-likeness (QED) is 0.0707. The Balaban J connectivity index is 1.31. The normalized spacial score (nSPS) is 12.0. The lowest BCUT2D eigenvalue weighted by molar-refractivity contribution is -0.385. The van der Waals surface area contributed by atoms with Gasteiger partial charge in [0.2, 0.25) is 5.16 Å². The molecule has 2 heterocycles. The minimum Gasteiger partial charge on any atom is -0.502 e. The first-order valence-electron chi connectivity index (χ1n) is 12.5. The summed E-state index contributed by atoms with van der Waals surface area (Å²) in [5.74, 6) is 0.905. The second-order valence-corrected chi connectivity index (χ2v) is 9.75. The number of aliphatic hydroxyl groups is 1. The number of hydrogen-bond acceptors (Lipinski definition) is 12. The molecule has 2 aromatic heterocycles. The van der Waals surface area contributed by atoms with Crippen molar-refractivity contribution in [3.8, 4) is 17.2 Å². The number of rotatable bonds is 12. The number of nitro groups is 1. The van der Waals surface area contributed by atoms with Gasteiger partial charge in [0.15, 0.2) is 11.6 Å². The number of nitrogens with zero attached hydrogens (tertiary/aromatic N) is 5. The van der Waals surface area contributed by atoms with Gasteiger partial charge in [-0.25, -0.2) is 4.79 Å². The summed E-state index contributed by atoms with van der Waals surface area (Å²) in [7, 11) is 0. The summed E-state index contributed by atoms with van der Waals surface area (Å²) in [6, 6.07) is 21.1. The van der Waals surface area contributed by atoms with Gasteiger partial charge in [0, 0.05) is 17.4 Å². The zero-order chi connectivity index (χ0) is 29.5. The van der Waals surface area contributed by atoms with Crippen molar-refractivity contribution in [2.45, 2.75) is 17.9 Å². The Bertz CT molecular complexity index is 1790. The average Bonchev–Trinajstić information content (AvgIpc) is 3.39. The summed E-state index contributed by atoms with van der Waals surface area (Å²) in [5, 5.41) is 45.2. The number of hydrogen-bond donors (Lipinski definition) is 2. The van der Waals surface area contributed by atoms with Crippen molar-refractivity contribution in [2.75, 3.05) is 12.4 Å². The molecule has 0 bridgehead atoms. The summed E-state index contributed by atoms with van der Waals surface area (Å²) in [4.78, 5) is 22.4. The molecule has 0 aliphatic carbocycles. The highest BCUT2D eigenvalue weighted by Gasteiger charge is 2.17. The Morgan fingerprint density at radius 3 is 2.67 bits per heavy atom. The van der Waals surface area contributed by atoms with Gasteiger partial charge in [-0.1, -0.05) is 42.1 Å². The summed E-state index contributed by atoms with van der Waals surface area (Å²) < 4.78 is 18.1. The van der Waals surface area contributed by atoms with Gasteiger partial charge in [0.25, 0.3) is 0 Å². The standard InChI is InChI=1S/C28H23N5O8S/c34-19(15-40-25-13-27(36)41-24-9-5-4-8-21(24)25)17-42-28-31-30-26(16-39-20-6-2-1-3-7-20)32(28)29-14-18-10-11-23(35)22(12-18)33(37)38/h1-14,19,34-35H,15-17H2/b29-14+. The molecule has 5 aromatic rings. The zero-order valence-corrected chi connectivity index (χ0v) is 22.6. The fourth-order valence-electron chi connectivity index (χ4n) is 3.75. The summed E-state index contributed by atoms with van der Waals surface area (Å²) in [6.07, 6.45) is 0.399. The van der Waals surface area contributed by atoms with Gasteiger partial charge in [-0.3, -0.25) is 10.1 Å². The molecule has 3 aromatic carbocycles. The molecule has 0 aliphatic heterocycles. The maximum absolute atomic E-state index is 11.9. The number of phenolic OH excluding ortho intramolecular Hbond substituents is 1. The van der Waals surface area contributed by atoms with Crippen LogP contribution in [0.1, 0.15) is 11.4 Å². The van der Waals surface area contributed by atoms with Crippen LogP contribution < -0.4 is 15.1 Å². The van der Waals surface area contributed by atoms with Crippen LogP contribution in [0, 0.1) is 10.1 Å². The number of fused-ring (bicyclic) bond motifs is 1. The number of para-hydroxylation sites is 2. The number of benzene rings is 3. The van der Waals surface area contributed by atoms with E-state index >= 15 is 0 Å². The van der Waals surface area contributed by atoms with Gasteiger partial charge in [0.1, 0.15) is 30.3 Å². The monoisotopic (exact) mass is 589 g/mol. The number of aliphatic hydroxyl groups excluding tert-OH is 1. The average molecular weight is 590 g/mol. The van der Waals surface area contributed by atoms with Crippen molar-refractivity contribution in [3.63, 3.8) is 0 Å². The molecule has 0 saturated heterocycles. The SMILES string of the molecule is O=c1cc(OCC(O)CSc2nnc(COc3ccccc3)n2/N=C/c2ccc(O)c([N+](=O)[O-])c2)c2ccccc2o1. The molecule has 0 saturated carbocycles. The Hall–Kier alpha value is -5.21. The fourth-order valence-corrected chi connectivity index (χ4v) is 4.56. The Labute approximate surface area is 241 Å². The first-order valence-corrected chi connectivity index (χ1v) is 13.5.